The van der Waals surface area contributed by atoms with Gasteiger partial charge in [-0.2, -0.15) is 0 Å². The molecule has 0 aliphatic rings. The van der Waals surface area contributed by atoms with Gasteiger partial charge in [-0.1, -0.05) is 6.07 Å². The van der Waals surface area contributed by atoms with E-state index >= 15 is 0 Å². The standard InChI is InChI=1S/C16H17F2NO2/c1-20-9-8-19-11-12-2-7-16(15(18)10-12)21-14-5-3-13(17)4-6-14/h2-7,10,19H,8-9,11H2,1H3. The smallest absolute Gasteiger partial charge is 0.166 e. The van der Waals surface area contributed by atoms with Crippen molar-refractivity contribution in [1.82, 2.24) is 5.32 Å². The Morgan fingerprint density at radius 1 is 1.05 bits per heavy atom. The van der Waals surface area contributed by atoms with Gasteiger partial charge in [-0.3, -0.25) is 0 Å². The molecule has 0 bridgehead atoms. The fraction of sp³-hybridized carbons (Fsp3) is 0.250. The number of ether oxygens (including phenoxy) is 2. The normalized spacial score (nSPS) is 10.6. The van der Waals surface area contributed by atoms with E-state index in [2.05, 4.69) is 5.32 Å². The van der Waals surface area contributed by atoms with Gasteiger partial charge in [0.25, 0.3) is 0 Å². The van der Waals surface area contributed by atoms with Crippen molar-refractivity contribution in [2.24, 2.45) is 0 Å². The van der Waals surface area contributed by atoms with Gasteiger partial charge in [-0.15, -0.1) is 0 Å². The van der Waals surface area contributed by atoms with Crippen LogP contribution in [0, 0.1) is 11.6 Å². The van der Waals surface area contributed by atoms with E-state index < -0.39 is 5.82 Å². The Labute approximate surface area is 122 Å². The fourth-order valence-corrected chi connectivity index (χ4v) is 1.77. The molecule has 0 heterocycles. The van der Waals surface area contributed by atoms with E-state index in [1.165, 1.54) is 30.3 Å². The van der Waals surface area contributed by atoms with Crippen LogP contribution in [0.2, 0.25) is 0 Å². The van der Waals surface area contributed by atoms with Gasteiger partial charge in [0.2, 0.25) is 0 Å². The number of methoxy groups -OCH3 is 1. The maximum Gasteiger partial charge on any atom is 0.166 e. The van der Waals surface area contributed by atoms with Crippen molar-refractivity contribution >= 4 is 0 Å². The molecule has 0 aromatic heterocycles. The van der Waals surface area contributed by atoms with Crippen LogP contribution in [0.3, 0.4) is 0 Å². The number of hydrogen-bond donors (Lipinski definition) is 1. The molecule has 0 unspecified atom stereocenters. The summed E-state index contributed by atoms with van der Waals surface area (Å²) < 4.78 is 37.0. The van der Waals surface area contributed by atoms with E-state index in [-0.39, 0.29) is 11.6 Å². The number of hydrogen-bond acceptors (Lipinski definition) is 3. The molecule has 0 aliphatic heterocycles. The summed E-state index contributed by atoms with van der Waals surface area (Å²) in [5.41, 5.74) is 0.815. The van der Waals surface area contributed by atoms with E-state index in [1.807, 2.05) is 0 Å². The van der Waals surface area contributed by atoms with E-state index in [0.29, 0.717) is 25.4 Å². The lowest BCUT2D eigenvalue weighted by Crippen LogP contribution is -2.18. The fourth-order valence-electron chi connectivity index (χ4n) is 1.77. The third-order valence-corrected chi connectivity index (χ3v) is 2.85. The lowest BCUT2D eigenvalue weighted by Gasteiger charge is -2.09. The van der Waals surface area contributed by atoms with Gasteiger partial charge in [0.05, 0.1) is 6.61 Å². The van der Waals surface area contributed by atoms with Gasteiger partial charge >= 0.3 is 0 Å². The number of rotatable bonds is 7. The Morgan fingerprint density at radius 3 is 2.48 bits per heavy atom. The summed E-state index contributed by atoms with van der Waals surface area (Å²) in [6.07, 6.45) is 0. The predicted octanol–water partition coefficient (Wildman–Crippen LogP) is 3.49. The molecule has 0 saturated heterocycles. The van der Waals surface area contributed by atoms with Gasteiger partial charge in [-0.05, 0) is 42.0 Å². The largest absolute Gasteiger partial charge is 0.454 e. The second kappa shape index (κ2) is 7.71. The molecule has 0 radical (unpaired) electrons. The van der Waals surface area contributed by atoms with Crippen LogP contribution in [-0.4, -0.2) is 20.3 Å². The molecule has 0 saturated carbocycles. The van der Waals surface area contributed by atoms with Crippen molar-refractivity contribution in [2.45, 2.75) is 6.54 Å². The van der Waals surface area contributed by atoms with Crippen molar-refractivity contribution in [2.75, 3.05) is 20.3 Å². The van der Waals surface area contributed by atoms with Crippen LogP contribution < -0.4 is 10.1 Å². The van der Waals surface area contributed by atoms with Crippen molar-refractivity contribution in [3.8, 4) is 11.5 Å². The van der Waals surface area contributed by atoms with Crippen LogP contribution in [0.15, 0.2) is 42.5 Å². The topological polar surface area (TPSA) is 30.5 Å². The predicted molar refractivity (Wildman–Crippen MR) is 76.5 cm³/mol. The number of benzene rings is 2. The van der Waals surface area contributed by atoms with Crippen molar-refractivity contribution in [3.05, 3.63) is 59.7 Å². The molecule has 0 amide bonds. The highest BCUT2D eigenvalue weighted by atomic mass is 19.1. The lowest BCUT2D eigenvalue weighted by atomic mass is 10.2. The Bertz CT molecular complexity index is 573. The summed E-state index contributed by atoms with van der Waals surface area (Å²) in [6, 6.07) is 10.2. The van der Waals surface area contributed by atoms with E-state index in [9.17, 15) is 8.78 Å². The van der Waals surface area contributed by atoms with E-state index in [4.69, 9.17) is 9.47 Å². The van der Waals surface area contributed by atoms with Gasteiger partial charge in [0, 0.05) is 20.2 Å². The molecule has 0 spiro atoms. The van der Waals surface area contributed by atoms with Crippen LogP contribution in [0.4, 0.5) is 8.78 Å². The third kappa shape index (κ3) is 4.81. The molecule has 21 heavy (non-hydrogen) atoms. The summed E-state index contributed by atoms with van der Waals surface area (Å²) in [7, 11) is 1.63. The number of halogens is 2. The summed E-state index contributed by atoms with van der Waals surface area (Å²) in [5.74, 6) is -0.311. The first-order valence-corrected chi connectivity index (χ1v) is 6.60. The van der Waals surface area contributed by atoms with Crippen molar-refractivity contribution in [3.63, 3.8) is 0 Å². The maximum absolute atomic E-state index is 13.9. The first kappa shape index (κ1) is 15.4. The minimum Gasteiger partial charge on any atom is -0.454 e. The molecule has 0 atom stereocenters. The molecule has 1 N–H and O–H groups in total. The van der Waals surface area contributed by atoms with Gasteiger partial charge in [-0.25, -0.2) is 8.78 Å². The highest BCUT2D eigenvalue weighted by Crippen LogP contribution is 2.25. The summed E-state index contributed by atoms with van der Waals surface area (Å²) in [4.78, 5) is 0. The number of nitrogens with one attached hydrogen (secondary N) is 1. The molecule has 2 aromatic rings. The summed E-state index contributed by atoms with van der Waals surface area (Å²) in [5, 5.41) is 3.13. The third-order valence-electron chi connectivity index (χ3n) is 2.85. The van der Waals surface area contributed by atoms with Crippen LogP contribution in [0.5, 0.6) is 11.5 Å². The van der Waals surface area contributed by atoms with Crippen molar-refractivity contribution < 1.29 is 18.3 Å². The zero-order valence-corrected chi connectivity index (χ0v) is 11.7. The average molecular weight is 293 g/mol. The Morgan fingerprint density at radius 2 is 1.81 bits per heavy atom. The van der Waals surface area contributed by atoms with Gasteiger partial charge < -0.3 is 14.8 Å². The van der Waals surface area contributed by atoms with Crippen LogP contribution in [0.1, 0.15) is 5.56 Å². The minimum absolute atomic E-state index is 0.113. The molecular formula is C16H17F2NO2. The monoisotopic (exact) mass is 293 g/mol. The Hall–Kier alpha value is -1.98. The highest BCUT2D eigenvalue weighted by molar-refractivity contribution is 5.34. The van der Waals surface area contributed by atoms with Crippen LogP contribution in [-0.2, 0) is 11.3 Å². The SMILES string of the molecule is COCCNCc1ccc(Oc2ccc(F)cc2)c(F)c1. The molecule has 2 aromatic carbocycles. The van der Waals surface area contributed by atoms with Crippen LogP contribution >= 0.6 is 0 Å². The minimum atomic E-state index is -0.453. The highest BCUT2D eigenvalue weighted by Gasteiger charge is 2.06. The first-order valence-electron chi connectivity index (χ1n) is 6.60. The first-order chi connectivity index (χ1) is 10.2. The zero-order valence-electron chi connectivity index (χ0n) is 11.7. The molecular weight excluding hydrogens is 276 g/mol. The maximum atomic E-state index is 13.9. The second-order valence-electron chi connectivity index (χ2n) is 4.49. The van der Waals surface area contributed by atoms with Crippen LogP contribution in [0.25, 0.3) is 0 Å². The van der Waals surface area contributed by atoms with E-state index in [1.54, 1.807) is 19.2 Å². The van der Waals surface area contributed by atoms with E-state index in [0.717, 1.165) is 5.56 Å². The zero-order chi connectivity index (χ0) is 15.1. The molecule has 0 fully saturated rings. The van der Waals surface area contributed by atoms with Gasteiger partial charge in [0.15, 0.2) is 11.6 Å². The lowest BCUT2D eigenvalue weighted by molar-refractivity contribution is 0.199. The molecule has 0 aliphatic carbocycles. The van der Waals surface area contributed by atoms with Gasteiger partial charge in [0.1, 0.15) is 11.6 Å². The van der Waals surface area contributed by atoms with Crippen molar-refractivity contribution in [1.29, 1.82) is 0 Å². The quantitative estimate of drug-likeness (QED) is 0.793. The Kier molecular flexibility index (Phi) is 5.66. The molecule has 3 nitrogen and oxygen atoms in total. The molecule has 2 rings (SSSR count). The Balaban J connectivity index is 1.97. The summed E-state index contributed by atoms with van der Waals surface area (Å²) in [6.45, 7) is 1.86. The molecule has 112 valence electrons. The second-order valence-corrected chi connectivity index (χ2v) is 4.49. The summed E-state index contributed by atoms with van der Waals surface area (Å²) >= 11 is 0. The molecule has 5 heteroatoms. The average Bonchev–Trinajstić information content (AvgIpc) is 2.48.